The van der Waals surface area contributed by atoms with Crippen LogP contribution in [-0.2, 0) is 19.3 Å². The van der Waals surface area contributed by atoms with E-state index in [4.69, 9.17) is 0 Å². The van der Waals surface area contributed by atoms with Gasteiger partial charge in [-0.05, 0) is 48.2 Å². The fraction of sp³-hybridized carbons (Fsp3) is 0.364. The highest BCUT2D eigenvalue weighted by molar-refractivity contribution is 14.0. The van der Waals surface area contributed by atoms with Crippen LogP contribution < -0.4 is 16.0 Å². The number of benzene rings is 2. The molecule has 174 valence electrons. The third kappa shape index (κ3) is 7.57. The molecule has 6 nitrogen and oxygen atoms in total. The van der Waals surface area contributed by atoms with Crippen molar-refractivity contribution < 1.29 is 18.0 Å². The van der Waals surface area contributed by atoms with Crippen LogP contribution in [0.5, 0.6) is 0 Å². The molecule has 0 aromatic heterocycles. The lowest BCUT2D eigenvalue weighted by atomic mass is 10.1. The third-order valence-electron chi connectivity index (χ3n) is 4.97. The first kappa shape index (κ1) is 25.8. The standard InChI is InChI=1S/C22H26F3N5O.HI/c1-26-20(27-14-16-6-4-8-18(12-16)22(23,24)25)28-15-17-7-5-9-19(13-17)29-21(31)30-10-2-3-11-30;/h4-9,12-13H,2-3,10-11,14-15H2,1H3,(H,29,31)(H2,26,27,28);1H. The number of halogens is 4. The number of aliphatic imine (C=N–C) groups is 1. The zero-order chi connectivity index (χ0) is 22.3. The highest BCUT2D eigenvalue weighted by atomic mass is 127. The Kier molecular flexibility index (Phi) is 9.60. The van der Waals surface area contributed by atoms with Gasteiger partial charge in [-0.15, -0.1) is 24.0 Å². The van der Waals surface area contributed by atoms with E-state index in [1.54, 1.807) is 18.0 Å². The maximum atomic E-state index is 12.9. The molecule has 10 heteroatoms. The second-order valence-electron chi connectivity index (χ2n) is 7.30. The molecule has 2 aromatic carbocycles. The van der Waals surface area contributed by atoms with Crippen LogP contribution in [0.4, 0.5) is 23.7 Å². The fourth-order valence-corrected chi connectivity index (χ4v) is 3.33. The van der Waals surface area contributed by atoms with E-state index in [1.807, 2.05) is 24.3 Å². The Labute approximate surface area is 202 Å². The van der Waals surface area contributed by atoms with E-state index in [-0.39, 0.29) is 36.6 Å². The molecule has 1 heterocycles. The highest BCUT2D eigenvalue weighted by Crippen LogP contribution is 2.29. The summed E-state index contributed by atoms with van der Waals surface area (Å²) in [4.78, 5) is 18.1. The molecule has 3 rings (SSSR count). The number of carbonyl (C=O) groups excluding carboxylic acids is 1. The van der Waals surface area contributed by atoms with E-state index in [9.17, 15) is 18.0 Å². The van der Waals surface area contributed by atoms with Gasteiger partial charge in [0.1, 0.15) is 0 Å². The first-order valence-electron chi connectivity index (χ1n) is 10.1. The SMILES string of the molecule is CN=C(NCc1cccc(NC(=O)N2CCCC2)c1)NCc1cccc(C(F)(F)F)c1.I. The molecule has 1 aliphatic heterocycles. The van der Waals surface area contributed by atoms with Crippen molar-refractivity contribution in [3.8, 4) is 0 Å². The van der Waals surface area contributed by atoms with Crippen LogP contribution >= 0.6 is 24.0 Å². The van der Waals surface area contributed by atoms with Crippen LogP contribution in [0.25, 0.3) is 0 Å². The normalized spacial score (nSPS) is 14.0. The van der Waals surface area contributed by atoms with E-state index in [0.29, 0.717) is 23.8 Å². The zero-order valence-corrected chi connectivity index (χ0v) is 20.0. The number of urea groups is 1. The molecule has 0 radical (unpaired) electrons. The molecule has 1 saturated heterocycles. The number of amides is 2. The molecule has 0 saturated carbocycles. The van der Waals surface area contributed by atoms with Gasteiger partial charge in [0.05, 0.1) is 5.56 Å². The van der Waals surface area contributed by atoms with E-state index < -0.39 is 11.7 Å². The predicted molar refractivity (Wildman–Crippen MR) is 130 cm³/mol. The van der Waals surface area contributed by atoms with Gasteiger partial charge < -0.3 is 20.9 Å². The lowest BCUT2D eigenvalue weighted by molar-refractivity contribution is -0.137. The molecular weight excluding hydrogens is 534 g/mol. The smallest absolute Gasteiger partial charge is 0.352 e. The summed E-state index contributed by atoms with van der Waals surface area (Å²) in [7, 11) is 1.59. The Bertz CT molecular complexity index is 930. The Morgan fingerprint density at radius 2 is 1.59 bits per heavy atom. The average molecular weight is 561 g/mol. The molecule has 1 aliphatic rings. The van der Waals surface area contributed by atoms with Crippen molar-refractivity contribution in [1.82, 2.24) is 15.5 Å². The zero-order valence-electron chi connectivity index (χ0n) is 17.7. The summed E-state index contributed by atoms with van der Waals surface area (Å²) in [6.07, 6.45) is -2.31. The number of likely N-dealkylation sites (tertiary alicyclic amines) is 1. The number of carbonyl (C=O) groups is 1. The Morgan fingerprint density at radius 3 is 2.19 bits per heavy atom. The molecule has 0 aliphatic carbocycles. The number of nitrogens with zero attached hydrogens (tertiary/aromatic N) is 2. The Hall–Kier alpha value is -2.50. The fourth-order valence-electron chi connectivity index (χ4n) is 3.33. The van der Waals surface area contributed by atoms with Gasteiger partial charge in [0.2, 0.25) is 0 Å². The number of alkyl halides is 3. The minimum atomic E-state index is -4.37. The Balaban J connectivity index is 0.00000363. The molecule has 1 fully saturated rings. The minimum absolute atomic E-state index is 0. The molecule has 32 heavy (non-hydrogen) atoms. The van der Waals surface area contributed by atoms with Crippen LogP contribution in [-0.4, -0.2) is 37.0 Å². The number of hydrogen-bond donors (Lipinski definition) is 3. The summed E-state index contributed by atoms with van der Waals surface area (Å²) in [5.74, 6) is 0.462. The van der Waals surface area contributed by atoms with E-state index >= 15 is 0 Å². The van der Waals surface area contributed by atoms with Crippen molar-refractivity contribution in [2.75, 3.05) is 25.5 Å². The van der Waals surface area contributed by atoms with Gasteiger partial charge in [-0.2, -0.15) is 13.2 Å². The lowest BCUT2D eigenvalue weighted by Gasteiger charge is -2.17. The average Bonchev–Trinajstić information content (AvgIpc) is 3.29. The number of rotatable bonds is 5. The van der Waals surface area contributed by atoms with Gasteiger partial charge in [0.25, 0.3) is 0 Å². The summed E-state index contributed by atoms with van der Waals surface area (Å²) in [5.41, 5.74) is 1.47. The predicted octanol–water partition coefficient (Wildman–Crippen LogP) is 4.82. The quantitative estimate of drug-likeness (QED) is 0.279. The Morgan fingerprint density at radius 1 is 1.00 bits per heavy atom. The second kappa shape index (κ2) is 11.9. The van der Waals surface area contributed by atoms with Gasteiger partial charge in [-0.1, -0.05) is 24.3 Å². The summed E-state index contributed by atoms with van der Waals surface area (Å²) in [6, 6.07) is 12.6. The van der Waals surface area contributed by atoms with E-state index in [2.05, 4.69) is 20.9 Å². The van der Waals surface area contributed by atoms with Crippen molar-refractivity contribution in [1.29, 1.82) is 0 Å². The molecule has 0 spiro atoms. The van der Waals surface area contributed by atoms with E-state index in [1.165, 1.54) is 6.07 Å². The van der Waals surface area contributed by atoms with Gasteiger partial charge in [-0.3, -0.25) is 4.99 Å². The highest BCUT2D eigenvalue weighted by Gasteiger charge is 2.30. The number of anilines is 1. The molecule has 3 N–H and O–H groups in total. The molecular formula is C22H27F3IN5O. The first-order chi connectivity index (χ1) is 14.8. The van der Waals surface area contributed by atoms with Gasteiger partial charge in [0, 0.05) is 38.9 Å². The summed E-state index contributed by atoms with van der Waals surface area (Å²) >= 11 is 0. The monoisotopic (exact) mass is 561 g/mol. The van der Waals surface area contributed by atoms with Crippen molar-refractivity contribution in [3.63, 3.8) is 0 Å². The summed E-state index contributed by atoms with van der Waals surface area (Å²) < 4.78 is 38.6. The van der Waals surface area contributed by atoms with Crippen molar-refractivity contribution in [3.05, 3.63) is 65.2 Å². The molecule has 2 aromatic rings. The molecule has 0 atom stereocenters. The van der Waals surface area contributed by atoms with Crippen LogP contribution in [0.2, 0.25) is 0 Å². The molecule has 2 amide bonds. The lowest BCUT2D eigenvalue weighted by Crippen LogP contribution is -2.36. The number of nitrogens with one attached hydrogen (secondary N) is 3. The topological polar surface area (TPSA) is 68.8 Å². The van der Waals surface area contributed by atoms with Gasteiger partial charge >= 0.3 is 12.2 Å². The molecule has 0 bridgehead atoms. The van der Waals surface area contributed by atoms with Crippen LogP contribution in [0.15, 0.2) is 53.5 Å². The minimum Gasteiger partial charge on any atom is -0.352 e. The van der Waals surface area contributed by atoms with Crippen LogP contribution in [0.1, 0.15) is 29.5 Å². The van der Waals surface area contributed by atoms with Crippen molar-refractivity contribution >= 4 is 41.7 Å². The maximum absolute atomic E-state index is 12.9. The van der Waals surface area contributed by atoms with Gasteiger partial charge in [0.15, 0.2) is 5.96 Å². The third-order valence-corrected chi connectivity index (χ3v) is 4.97. The van der Waals surface area contributed by atoms with Crippen LogP contribution in [0.3, 0.4) is 0 Å². The summed E-state index contributed by atoms with van der Waals surface area (Å²) in [6.45, 7) is 2.20. The number of hydrogen-bond acceptors (Lipinski definition) is 2. The van der Waals surface area contributed by atoms with Crippen LogP contribution in [0, 0.1) is 0 Å². The van der Waals surface area contributed by atoms with Crippen molar-refractivity contribution in [2.24, 2.45) is 4.99 Å². The summed E-state index contributed by atoms with van der Waals surface area (Å²) in [5, 5.41) is 9.06. The van der Waals surface area contributed by atoms with Gasteiger partial charge in [-0.25, -0.2) is 4.79 Å². The second-order valence-corrected chi connectivity index (χ2v) is 7.30. The molecule has 0 unspecified atom stereocenters. The first-order valence-corrected chi connectivity index (χ1v) is 10.1. The largest absolute Gasteiger partial charge is 0.416 e. The maximum Gasteiger partial charge on any atom is 0.416 e. The van der Waals surface area contributed by atoms with Crippen molar-refractivity contribution in [2.45, 2.75) is 32.1 Å². The number of guanidine groups is 1. The van der Waals surface area contributed by atoms with E-state index in [0.717, 1.165) is 43.6 Å².